The fraction of sp³-hybridized carbons (Fsp3) is 0. The molecule has 0 radical (unpaired) electrons. The van der Waals surface area contributed by atoms with E-state index >= 15 is 0 Å². The van der Waals surface area contributed by atoms with Crippen LogP contribution in [0.15, 0.2) is 128 Å². The molecule has 0 bridgehead atoms. The smallest absolute Gasteiger partial charge is 0.504 e. The third-order valence-corrected chi connectivity index (χ3v) is 6.99. The lowest BCUT2D eigenvalue weighted by Crippen LogP contribution is -1.99. The summed E-state index contributed by atoms with van der Waals surface area (Å²) in [5.41, 5.74) is 8.46. The average molecular weight is 518 g/mol. The van der Waals surface area contributed by atoms with Crippen molar-refractivity contribution in [1.82, 2.24) is 19.5 Å². The largest absolute Gasteiger partial charge is 0.539 e. The van der Waals surface area contributed by atoms with Crippen LogP contribution in [0.25, 0.3) is 61.4 Å². The van der Waals surface area contributed by atoms with E-state index in [9.17, 15) is 5.02 Å². The Hall–Kier alpha value is -5.27. The molecule has 4 heterocycles. The number of rotatable bonds is 6. The highest BCUT2D eigenvalue weighted by Gasteiger charge is 2.15. The molecule has 0 atom stereocenters. The average Bonchev–Trinajstić information content (AvgIpc) is 3.36. The molecule has 0 spiro atoms. The molecular formula is C33H23BN4O2. The lowest BCUT2D eigenvalue weighted by molar-refractivity contribution is 0.454. The fourth-order valence-corrected chi connectivity index (χ4v) is 5.21. The van der Waals surface area contributed by atoms with Crippen LogP contribution in [0.5, 0.6) is 5.75 Å². The van der Waals surface area contributed by atoms with E-state index in [4.69, 9.17) is 9.64 Å². The molecule has 0 fully saturated rings. The van der Waals surface area contributed by atoms with Crippen LogP contribution in [-0.4, -0.2) is 32.2 Å². The molecule has 0 unspecified atom stereocenters. The van der Waals surface area contributed by atoms with Crippen molar-refractivity contribution in [2.24, 2.45) is 0 Å². The summed E-state index contributed by atoms with van der Waals surface area (Å²) in [6, 6.07) is 38.6. The maximum absolute atomic E-state index is 9.27. The molecule has 7 aromatic rings. The minimum atomic E-state index is -0.362. The van der Waals surface area contributed by atoms with Gasteiger partial charge in [-0.2, -0.15) is 0 Å². The minimum Gasteiger partial charge on any atom is -0.539 e. The van der Waals surface area contributed by atoms with Gasteiger partial charge in [0, 0.05) is 28.9 Å². The van der Waals surface area contributed by atoms with Crippen LogP contribution in [0, 0.1) is 0 Å². The molecule has 0 aliphatic heterocycles. The van der Waals surface area contributed by atoms with Crippen LogP contribution in [0.4, 0.5) is 0 Å². The molecule has 7 heteroatoms. The van der Waals surface area contributed by atoms with Gasteiger partial charge in [-0.05, 0) is 83.9 Å². The summed E-state index contributed by atoms with van der Waals surface area (Å²) >= 11 is 0. The first-order chi connectivity index (χ1) is 19.8. The molecule has 0 aliphatic rings. The number of pyridine rings is 3. The van der Waals surface area contributed by atoms with Gasteiger partial charge in [0.15, 0.2) is 0 Å². The second-order valence-electron chi connectivity index (χ2n) is 9.41. The standard InChI is InChI=1S/C33H23BN4O2/c39-34-40-25-14-15-33-27(21-25)26-10-1-2-13-32(26)38(33)24-9-7-8-22(18-24)23-19-30(28-11-3-5-16-35-28)37-31(20-23)29-12-4-6-17-36-29/h1-21,34,39H. The maximum Gasteiger partial charge on any atom is 0.504 e. The number of hydrogen-bond donors (Lipinski definition) is 1. The van der Waals surface area contributed by atoms with Crippen LogP contribution in [0.2, 0.25) is 0 Å². The quantitative estimate of drug-likeness (QED) is 0.251. The van der Waals surface area contributed by atoms with Gasteiger partial charge in [0.1, 0.15) is 5.75 Å². The summed E-state index contributed by atoms with van der Waals surface area (Å²) in [4.78, 5) is 14.0. The van der Waals surface area contributed by atoms with Crippen LogP contribution < -0.4 is 4.65 Å². The van der Waals surface area contributed by atoms with Crippen LogP contribution in [0.3, 0.4) is 0 Å². The Morgan fingerprint density at radius 3 is 1.98 bits per heavy atom. The Labute approximate surface area is 231 Å². The zero-order chi connectivity index (χ0) is 26.9. The lowest BCUT2D eigenvalue weighted by atomic mass is 10.0. The molecule has 0 saturated heterocycles. The molecule has 1 N–H and O–H groups in total. The minimum absolute atomic E-state index is 0.362. The van der Waals surface area contributed by atoms with E-state index in [1.807, 2.05) is 66.7 Å². The van der Waals surface area contributed by atoms with Gasteiger partial charge in [0.2, 0.25) is 0 Å². The SMILES string of the molecule is OBOc1ccc2c(c1)c1ccccc1n2-c1cccc(-c2cc(-c3ccccn3)nc(-c3ccccn3)c2)c1. The third-order valence-electron chi connectivity index (χ3n) is 6.99. The van der Waals surface area contributed by atoms with Gasteiger partial charge in [-0.25, -0.2) is 4.98 Å². The highest BCUT2D eigenvalue weighted by Crippen LogP contribution is 2.36. The number of para-hydroxylation sites is 1. The van der Waals surface area contributed by atoms with Crippen molar-refractivity contribution in [2.75, 3.05) is 0 Å². The molecule has 40 heavy (non-hydrogen) atoms. The topological polar surface area (TPSA) is 73.1 Å². The molecule has 3 aromatic carbocycles. The lowest BCUT2D eigenvalue weighted by Gasteiger charge is -2.12. The first kappa shape index (κ1) is 23.8. The summed E-state index contributed by atoms with van der Waals surface area (Å²) in [7, 11) is -0.362. The second kappa shape index (κ2) is 10.1. The Morgan fingerprint density at radius 1 is 0.575 bits per heavy atom. The van der Waals surface area contributed by atoms with Crippen LogP contribution >= 0.6 is 0 Å². The normalized spacial score (nSPS) is 11.1. The molecule has 0 amide bonds. The first-order valence-corrected chi connectivity index (χ1v) is 13.0. The molecule has 6 nitrogen and oxygen atoms in total. The van der Waals surface area contributed by atoms with Gasteiger partial charge in [0.25, 0.3) is 0 Å². The van der Waals surface area contributed by atoms with Crippen molar-refractivity contribution >= 4 is 29.5 Å². The predicted octanol–water partition coefficient (Wildman–Crippen LogP) is 6.61. The van der Waals surface area contributed by atoms with Crippen molar-refractivity contribution in [3.63, 3.8) is 0 Å². The van der Waals surface area contributed by atoms with Crippen molar-refractivity contribution in [3.05, 3.63) is 128 Å². The summed E-state index contributed by atoms with van der Waals surface area (Å²) in [5, 5.41) is 11.4. The number of hydrogen-bond acceptors (Lipinski definition) is 5. The number of aromatic nitrogens is 4. The van der Waals surface area contributed by atoms with Gasteiger partial charge in [-0.3, -0.25) is 9.97 Å². The van der Waals surface area contributed by atoms with E-state index < -0.39 is 0 Å². The van der Waals surface area contributed by atoms with Crippen molar-refractivity contribution in [2.45, 2.75) is 0 Å². The van der Waals surface area contributed by atoms with Gasteiger partial charge in [-0.1, -0.05) is 42.5 Å². The number of benzene rings is 3. The first-order valence-electron chi connectivity index (χ1n) is 13.0. The van der Waals surface area contributed by atoms with Gasteiger partial charge in [0.05, 0.1) is 33.8 Å². The van der Waals surface area contributed by atoms with Crippen LogP contribution in [0.1, 0.15) is 0 Å². The monoisotopic (exact) mass is 518 g/mol. The molecule has 0 saturated carbocycles. The van der Waals surface area contributed by atoms with Crippen molar-refractivity contribution in [1.29, 1.82) is 0 Å². The molecule has 4 aromatic heterocycles. The highest BCUT2D eigenvalue weighted by atomic mass is 16.5. The van der Waals surface area contributed by atoms with E-state index in [0.29, 0.717) is 5.75 Å². The fourth-order valence-electron chi connectivity index (χ4n) is 5.21. The molecule has 190 valence electrons. The van der Waals surface area contributed by atoms with E-state index in [1.165, 1.54) is 0 Å². The van der Waals surface area contributed by atoms with E-state index in [0.717, 1.165) is 61.4 Å². The number of fused-ring (bicyclic) bond motifs is 3. The maximum atomic E-state index is 9.27. The zero-order valence-corrected chi connectivity index (χ0v) is 21.5. The third kappa shape index (κ3) is 4.28. The van der Waals surface area contributed by atoms with Crippen molar-refractivity contribution < 1.29 is 9.68 Å². The molecule has 7 rings (SSSR count). The van der Waals surface area contributed by atoms with Gasteiger partial charge < -0.3 is 14.2 Å². The Balaban J connectivity index is 1.42. The summed E-state index contributed by atoms with van der Waals surface area (Å²) in [6.07, 6.45) is 3.56. The second-order valence-corrected chi connectivity index (χ2v) is 9.41. The predicted molar refractivity (Wildman–Crippen MR) is 160 cm³/mol. The van der Waals surface area contributed by atoms with Gasteiger partial charge in [-0.15, -0.1) is 0 Å². The zero-order valence-electron chi connectivity index (χ0n) is 21.5. The summed E-state index contributed by atoms with van der Waals surface area (Å²) in [5.74, 6) is 0.632. The Bertz CT molecular complexity index is 1920. The van der Waals surface area contributed by atoms with E-state index in [-0.39, 0.29) is 7.69 Å². The Morgan fingerprint density at radius 2 is 1.27 bits per heavy atom. The van der Waals surface area contributed by atoms with Crippen molar-refractivity contribution in [3.8, 4) is 45.3 Å². The Kier molecular flexibility index (Phi) is 6.03. The van der Waals surface area contributed by atoms with E-state index in [1.54, 1.807) is 12.4 Å². The highest BCUT2D eigenvalue weighted by molar-refractivity contribution is 6.17. The van der Waals surface area contributed by atoms with Crippen LogP contribution in [-0.2, 0) is 0 Å². The molecular weight excluding hydrogens is 495 g/mol. The van der Waals surface area contributed by atoms with E-state index in [2.05, 4.69) is 63.1 Å². The number of nitrogens with zero attached hydrogens (tertiary/aromatic N) is 4. The van der Waals surface area contributed by atoms with Gasteiger partial charge >= 0.3 is 7.69 Å². The molecule has 0 aliphatic carbocycles. The summed E-state index contributed by atoms with van der Waals surface area (Å²) in [6.45, 7) is 0. The summed E-state index contributed by atoms with van der Waals surface area (Å²) < 4.78 is 7.64.